The van der Waals surface area contributed by atoms with E-state index >= 15 is 0 Å². The second kappa shape index (κ2) is 7.62. The van der Waals surface area contributed by atoms with E-state index in [2.05, 4.69) is 34.9 Å². The highest BCUT2D eigenvalue weighted by atomic mass is 32.1. The van der Waals surface area contributed by atoms with Gasteiger partial charge in [-0.1, -0.05) is 24.3 Å². The number of hydrogen-bond acceptors (Lipinski definition) is 3. The lowest BCUT2D eigenvalue weighted by atomic mass is 9.98. The van der Waals surface area contributed by atoms with Crippen LogP contribution in [0.3, 0.4) is 0 Å². The molecule has 0 fully saturated rings. The third kappa shape index (κ3) is 4.03. The number of fused-ring (bicyclic) bond motifs is 1. The van der Waals surface area contributed by atoms with E-state index in [4.69, 9.17) is 0 Å². The second-order valence-corrected chi connectivity index (χ2v) is 7.32. The minimum Gasteiger partial charge on any atom is -0.351 e. The van der Waals surface area contributed by atoms with Crippen molar-refractivity contribution in [3.63, 3.8) is 0 Å². The first kappa shape index (κ1) is 16.7. The summed E-state index contributed by atoms with van der Waals surface area (Å²) in [4.78, 5) is 24.8. The molecule has 24 heavy (non-hydrogen) atoms. The number of carbonyl (C=O) groups is 2. The van der Waals surface area contributed by atoms with Crippen LogP contribution < -0.4 is 10.6 Å². The summed E-state index contributed by atoms with van der Waals surface area (Å²) in [6, 6.07) is 12.3. The molecule has 0 spiro atoms. The molecule has 3 rings (SSSR count). The van der Waals surface area contributed by atoms with Gasteiger partial charge in [-0.2, -0.15) is 0 Å². The number of nitrogens with one attached hydrogen (secondary N) is 2. The molecule has 2 aromatic rings. The molecule has 0 saturated heterocycles. The van der Waals surface area contributed by atoms with Crippen LogP contribution in [-0.4, -0.2) is 18.4 Å². The topological polar surface area (TPSA) is 58.2 Å². The van der Waals surface area contributed by atoms with E-state index in [0.29, 0.717) is 23.9 Å². The Balaban J connectivity index is 1.47. The zero-order valence-corrected chi connectivity index (χ0v) is 14.6. The van der Waals surface area contributed by atoms with Gasteiger partial charge in [0, 0.05) is 18.3 Å². The molecule has 0 bridgehead atoms. The molecule has 5 heteroatoms. The molecule has 1 aromatic heterocycles. The Bertz CT molecular complexity index is 738. The van der Waals surface area contributed by atoms with Crippen molar-refractivity contribution >= 4 is 23.2 Å². The van der Waals surface area contributed by atoms with Gasteiger partial charge in [-0.05, 0) is 48.4 Å². The molecule has 0 aliphatic heterocycles. The lowest BCUT2D eigenvalue weighted by molar-refractivity contribution is -0.119. The lowest BCUT2D eigenvalue weighted by Crippen LogP contribution is -2.24. The van der Waals surface area contributed by atoms with Gasteiger partial charge in [-0.3, -0.25) is 9.59 Å². The Kier molecular flexibility index (Phi) is 5.30. The Morgan fingerprint density at radius 2 is 2.00 bits per heavy atom. The van der Waals surface area contributed by atoms with Gasteiger partial charge < -0.3 is 10.6 Å². The van der Waals surface area contributed by atoms with Crippen molar-refractivity contribution in [2.75, 3.05) is 6.54 Å². The van der Waals surface area contributed by atoms with Crippen LogP contribution in [0, 0.1) is 0 Å². The maximum absolute atomic E-state index is 12.2. The molecule has 0 radical (unpaired) electrons. The minimum absolute atomic E-state index is 0.0274. The fourth-order valence-electron chi connectivity index (χ4n) is 3.20. The van der Waals surface area contributed by atoms with Crippen molar-refractivity contribution in [1.82, 2.24) is 10.6 Å². The van der Waals surface area contributed by atoms with Gasteiger partial charge in [-0.15, -0.1) is 11.3 Å². The van der Waals surface area contributed by atoms with E-state index in [1.165, 1.54) is 35.8 Å². The minimum atomic E-state index is -0.0637. The summed E-state index contributed by atoms with van der Waals surface area (Å²) in [5.41, 5.74) is 2.90. The summed E-state index contributed by atoms with van der Waals surface area (Å²) >= 11 is 1.43. The number of benzene rings is 1. The number of hydrogen-bond donors (Lipinski definition) is 2. The van der Waals surface area contributed by atoms with Crippen molar-refractivity contribution in [2.24, 2.45) is 0 Å². The maximum atomic E-state index is 12.2. The van der Waals surface area contributed by atoms with Crippen LogP contribution in [0.5, 0.6) is 0 Å². The van der Waals surface area contributed by atoms with E-state index in [-0.39, 0.29) is 11.8 Å². The first-order chi connectivity index (χ1) is 11.6. The first-order valence-electron chi connectivity index (χ1n) is 8.32. The number of rotatable bonds is 6. The van der Waals surface area contributed by atoms with Gasteiger partial charge in [0.1, 0.15) is 0 Å². The summed E-state index contributed by atoms with van der Waals surface area (Å²) in [7, 11) is 0. The molecule has 4 nitrogen and oxygen atoms in total. The molecule has 1 aliphatic rings. The van der Waals surface area contributed by atoms with Crippen LogP contribution in [0.2, 0.25) is 0 Å². The van der Waals surface area contributed by atoms with Crippen molar-refractivity contribution < 1.29 is 9.59 Å². The molecule has 1 unspecified atom stereocenters. The molecule has 1 atom stereocenters. The van der Waals surface area contributed by atoms with Crippen LogP contribution in [0.15, 0.2) is 36.4 Å². The predicted molar refractivity (Wildman–Crippen MR) is 96.3 cm³/mol. The molecular weight excluding hydrogens is 320 g/mol. The predicted octanol–water partition coefficient (Wildman–Crippen LogP) is 3.23. The average Bonchev–Trinajstić information content (AvgIpc) is 3.20. The van der Waals surface area contributed by atoms with E-state index in [9.17, 15) is 9.59 Å². The molecule has 126 valence electrons. The van der Waals surface area contributed by atoms with Crippen LogP contribution in [0.25, 0.3) is 0 Å². The third-order valence-electron chi connectivity index (χ3n) is 4.43. The SMILES string of the molecule is CC(=O)NCc1ccc(C(=O)NCCC2CCc3ccccc32)s1. The Morgan fingerprint density at radius 3 is 2.83 bits per heavy atom. The van der Waals surface area contributed by atoms with Crippen LogP contribution in [0.1, 0.15) is 51.4 Å². The van der Waals surface area contributed by atoms with Crippen LogP contribution in [0.4, 0.5) is 0 Å². The van der Waals surface area contributed by atoms with Crippen LogP contribution >= 0.6 is 11.3 Å². The molecule has 1 heterocycles. The number of carbonyl (C=O) groups excluding carboxylic acids is 2. The smallest absolute Gasteiger partial charge is 0.261 e. The summed E-state index contributed by atoms with van der Waals surface area (Å²) in [5, 5.41) is 5.76. The summed E-state index contributed by atoms with van der Waals surface area (Å²) < 4.78 is 0. The van der Waals surface area contributed by atoms with Gasteiger partial charge in [-0.25, -0.2) is 0 Å². The number of thiophene rings is 1. The van der Waals surface area contributed by atoms with E-state index in [1.807, 2.05) is 12.1 Å². The first-order valence-corrected chi connectivity index (χ1v) is 9.14. The van der Waals surface area contributed by atoms with Crippen molar-refractivity contribution in [2.45, 2.75) is 38.6 Å². The van der Waals surface area contributed by atoms with Gasteiger partial charge >= 0.3 is 0 Å². The Labute approximate surface area is 146 Å². The lowest BCUT2D eigenvalue weighted by Gasteiger charge is -2.11. The number of amides is 2. The highest BCUT2D eigenvalue weighted by Crippen LogP contribution is 2.34. The zero-order valence-electron chi connectivity index (χ0n) is 13.8. The molecule has 1 aliphatic carbocycles. The average molecular weight is 342 g/mol. The Morgan fingerprint density at radius 1 is 1.17 bits per heavy atom. The highest BCUT2D eigenvalue weighted by Gasteiger charge is 2.21. The fourth-order valence-corrected chi connectivity index (χ4v) is 4.06. The molecule has 1 aromatic carbocycles. The molecule has 0 saturated carbocycles. The van der Waals surface area contributed by atoms with E-state index in [0.717, 1.165) is 17.7 Å². The fraction of sp³-hybridized carbons (Fsp3) is 0.368. The van der Waals surface area contributed by atoms with Gasteiger partial charge in [0.2, 0.25) is 5.91 Å². The van der Waals surface area contributed by atoms with Gasteiger partial charge in [0.25, 0.3) is 5.91 Å². The highest BCUT2D eigenvalue weighted by molar-refractivity contribution is 7.14. The number of aryl methyl sites for hydroxylation is 1. The van der Waals surface area contributed by atoms with Gasteiger partial charge in [0.15, 0.2) is 0 Å². The molecule has 2 N–H and O–H groups in total. The largest absolute Gasteiger partial charge is 0.351 e. The maximum Gasteiger partial charge on any atom is 0.261 e. The quantitative estimate of drug-likeness (QED) is 0.847. The van der Waals surface area contributed by atoms with E-state index in [1.54, 1.807) is 0 Å². The van der Waals surface area contributed by atoms with Crippen molar-refractivity contribution in [3.8, 4) is 0 Å². The summed E-state index contributed by atoms with van der Waals surface area (Å²) in [5.74, 6) is 0.465. The zero-order chi connectivity index (χ0) is 16.9. The van der Waals surface area contributed by atoms with Crippen LogP contribution in [-0.2, 0) is 17.8 Å². The third-order valence-corrected chi connectivity index (χ3v) is 5.52. The van der Waals surface area contributed by atoms with Gasteiger partial charge in [0.05, 0.1) is 11.4 Å². The normalized spacial score (nSPS) is 15.8. The summed E-state index contributed by atoms with van der Waals surface area (Å²) in [6.07, 6.45) is 3.30. The standard InChI is InChI=1S/C19H22N2O2S/c1-13(22)21-12-16-8-9-18(24-16)19(23)20-11-10-15-7-6-14-4-2-3-5-17(14)15/h2-5,8-9,15H,6-7,10-12H2,1H3,(H,20,23)(H,21,22). The molecular formula is C19H22N2O2S. The van der Waals surface area contributed by atoms with E-state index < -0.39 is 0 Å². The Hall–Kier alpha value is -2.14. The molecule has 2 amide bonds. The second-order valence-electron chi connectivity index (χ2n) is 6.15. The van der Waals surface area contributed by atoms with Crippen molar-refractivity contribution in [1.29, 1.82) is 0 Å². The van der Waals surface area contributed by atoms with Crippen molar-refractivity contribution in [3.05, 3.63) is 57.3 Å². The monoisotopic (exact) mass is 342 g/mol. The summed E-state index contributed by atoms with van der Waals surface area (Å²) in [6.45, 7) is 2.66.